The Labute approximate surface area is 146 Å². The van der Waals surface area contributed by atoms with Crippen LogP contribution in [0.2, 0.25) is 0 Å². The molecule has 25 heavy (non-hydrogen) atoms. The summed E-state index contributed by atoms with van der Waals surface area (Å²) in [6.45, 7) is 2.09. The summed E-state index contributed by atoms with van der Waals surface area (Å²) < 4.78 is 0. The first kappa shape index (κ1) is 16.9. The first-order valence-corrected chi connectivity index (χ1v) is 8.25. The molecule has 1 atom stereocenters. The van der Waals surface area contributed by atoms with Gasteiger partial charge in [0.1, 0.15) is 11.6 Å². The van der Waals surface area contributed by atoms with Crippen LogP contribution in [0.25, 0.3) is 0 Å². The van der Waals surface area contributed by atoms with Crippen LogP contribution >= 0.6 is 0 Å². The minimum atomic E-state index is -0.512. The first-order valence-electron chi connectivity index (χ1n) is 8.25. The lowest BCUT2D eigenvalue weighted by atomic mass is 10.0. The average Bonchev–Trinajstić information content (AvgIpc) is 2.66. The summed E-state index contributed by atoms with van der Waals surface area (Å²) in [4.78, 5) is 17.0. The van der Waals surface area contributed by atoms with Crippen LogP contribution in [0.4, 0.5) is 11.5 Å². The van der Waals surface area contributed by atoms with Crippen molar-refractivity contribution in [3.8, 4) is 6.07 Å². The minimum absolute atomic E-state index is 0.0503. The molecular formula is C18H19N5O2. The van der Waals surface area contributed by atoms with Crippen LogP contribution in [-0.2, 0) is 6.54 Å². The number of benzene rings is 1. The van der Waals surface area contributed by atoms with Crippen LogP contribution in [-0.4, -0.2) is 29.0 Å². The molecule has 1 aromatic carbocycles. The summed E-state index contributed by atoms with van der Waals surface area (Å²) in [5.41, 5.74) is 1.05. The van der Waals surface area contributed by atoms with Crippen molar-refractivity contribution >= 4 is 11.5 Å². The maximum atomic E-state index is 11.4. The lowest BCUT2D eigenvalue weighted by molar-refractivity contribution is -0.384. The highest BCUT2D eigenvalue weighted by molar-refractivity contribution is 5.65. The smallest absolute Gasteiger partial charge is 0.329 e. The van der Waals surface area contributed by atoms with Crippen molar-refractivity contribution in [1.29, 1.82) is 5.26 Å². The third kappa shape index (κ3) is 3.92. The van der Waals surface area contributed by atoms with Crippen molar-refractivity contribution < 1.29 is 4.92 Å². The van der Waals surface area contributed by atoms with E-state index in [0.717, 1.165) is 19.4 Å². The molecule has 7 heteroatoms. The third-order valence-electron chi connectivity index (χ3n) is 4.37. The molecule has 0 saturated carbocycles. The van der Waals surface area contributed by atoms with Crippen molar-refractivity contribution in [3.63, 3.8) is 0 Å². The molecule has 1 fully saturated rings. The van der Waals surface area contributed by atoms with E-state index >= 15 is 0 Å². The van der Waals surface area contributed by atoms with Gasteiger partial charge in [0.05, 0.1) is 4.92 Å². The molecule has 0 aliphatic carbocycles. The fourth-order valence-electron chi connectivity index (χ4n) is 3.14. The summed E-state index contributed by atoms with van der Waals surface area (Å²) in [7, 11) is 0. The molecule has 0 amide bonds. The van der Waals surface area contributed by atoms with E-state index in [9.17, 15) is 10.1 Å². The van der Waals surface area contributed by atoms with Gasteiger partial charge in [-0.2, -0.15) is 5.26 Å². The molecule has 2 aromatic rings. The Morgan fingerprint density at radius 1 is 1.36 bits per heavy atom. The Bertz CT molecular complexity index is 788. The second-order valence-electron chi connectivity index (χ2n) is 6.05. The van der Waals surface area contributed by atoms with Gasteiger partial charge >= 0.3 is 5.69 Å². The molecule has 128 valence electrons. The second-order valence-corrected chi connectivity index (χ2v) is 6.05. The van der Waals surface area contributed by atoms with Crippen LogP contribution in [0.15, 0.2) is 42.6 Å². The van der Waals surface area contributed by atoms with Crippen LogP contribution in [0.5, 0.6) is 0 Å². The van der Waals surface area contributed by atoms with E-state index in [0.29, 0.717) is 13.1 Å². The Balaban J connectivity index is 1.73. The number of aromatic nitrogens is 1. The van der Waals surface area contributed by atoms with E-state index in [4.69, 9.17) is 5.26 Å². The molecule has 1 aliphatic heterocycles. The SMILES string of the molecule is N#Cc1ccnc(N2CCCC(NCc3ccccc3)C2)c1[N+](=O)[O-]. The van der Waals surface area contributed by atoms with Gasteiger partial charge in [-0.25, -0.2) is 4.98 Å². The lowest BCUT2D eigenvalue weighted by Gasteiger charge is -2.33. The second kappa shape index (κ2) is 7.73. The van der Waals surface area contributed by atoms with Gasteiger partial charge in [-0.05, 0) is 24.5 Å². The number of nitriles is 1. The van der Waals surface area contributed by atoms with Crippen LogP contribution in [0.1, 0.15) is 24.0 Å². The summed E-state index contributed by atoms with van der Waals surface area (Å²) in [6, 6.07) is 13.6. The Morgan fingerprint density at radius 3 is 2.88 bits per heavy atom. The zero-order valence-corrected chi connectivity index (χ0v) is 13.8. The van der Waals surface area contributed by atoms with Crippen molar-refractivity contribution in [2.75, 3.05) is 18.0 Å². The van der Waals surface area contributed by atoms with Gasteiger partial charge in [0, 0.05) is 31.9 Å². The number of hydrogen-bond donors (Lipinski definition) is 1. The van der Waals surface area contributed by atoms with Crippen LogP contribution in [0, 0.1) is 21.4 Å². The van der Waals surface area contributed by atoms with Crippen molar-refractivity contribution in [2.45, 2.75) is 25.4 Å². The topological polar surface area (TPSA) is 95.1 Å². The van der Waals surface area contributed by atoms with Gasteiger partial charge in [-0.1, -0.05) is 30.3 Å². The monoisotopic (exact) mass is 337 g/mol. The van der Waals surface area contributed by atoms with Gasteiger partial charge < -0.3 is 10.2 Å². The molecule has 1 saturated heterocycles. The Kier molecular flexibility index (Phi) is 5.21. The molecule has 1 aromatic heterocycles. The predicted octanol–water partition coefficient (Wildman–Crippen LogP) is 2.62. The fraction of sp³-hybridized carbons (Fsp3) is 0.333. The van der Waals surface area contributed by atoms with E-state index in [-0.39, 0.29) is 23.1 Å². The van der Waals surface area contributed by atoms with Crippen LogP contribution < -0.4 is 10.2 Å². The molecule has 1 N–H and O–H groups in total. The number of anilines is 1. The largest absolute Gasteiger partial charge is 0.349 e. The maximum absolute atomic E-state index is 11.4. The molecular weight excluding hydrogens is 318 g/mol. The van der Waals surface area contributed by atoms with Gasteiger partial charge in [0.25, 0.3) is 0 Å². The third-order valence-corrected chi connectivity index (χ3v) is 4.37. The Morgan fingerprint density at radius 2 is 2.16 bits per heavy atom. The highest BCUT2D eigenvalue weighted by atomic mass is 16.6. The molecule has 1 unspecified atom stereocenters. The lowest BCUT2D eigenvalue weighted by Crippen LogP contribution is -2.46. The maximum Gasteiger partial charge on any atom is 0.329 e. The van der Waals surface area contributed by atoms with Gasteiger partial charge in [0.2, 0.25) is 5.82 Å². The molecule has 2 heterocycles. The highest BCUT2D eigenvalue weighted by Crippen LogP contribution is 2.30. The average molecular weight is 337 g/mol. The Hall–Kier alpha value is -2.98. The number of hydrogen-bond acceptors (Lipinski definition) is 6. The normalized spacial score (nSPS) is 17.1. The molecule has 3 rings (SSSR count). The summed E-state index contributed by atoms with van der Waals surface area (Å²) >= 11 is 0. The van der Waals surface area contributed by atoms with Crippen LogP contribution in [0.3, 0.4) is 0 Å². The van der Waals surface area contributed by atoms with E-state index in [1.165, 1.54) is 17.8 Å². The molecule has 0 bridgehead atoms. The van der Waals surface area contributed by atoms with Gasteiger partial charge in [0.15, 0.2) is 0 Å². The quantitative estimate of drug-likeness (QED) is 0.665. The van der Waals surface area contributed by atoms with Crippen molar-refractivity contribution in [3.05, 3.63) is 63.8 Å². The number of pyridine rings is 1. The minimum Gasteiger partial charge on any atom is -0.349 e. The zero-order chi connectivity index (χ0) is 17.6. The summed E-state index contributed by atoms with van der Waals surface area (Å²) in [5, 5.41) is 24.1. The van der Waals surface area contributed by atoms with E-state index in [1.54, 1.807) is 0 Å². The van der Waals surface area contributed by atoms with E-state index < -0.39 is 4.92 Å². The summed E-state index contributed by atoms with van der Waals surface area (Å²) in [6.07, 6.45) is 3.39. The molecule has 0 radical (unpaired) electrons. The number of nitrogens with one attached hydrogen (secondary N) is 1. The number of piperidine rings is 1. The summed E-state index contributed by atoms with van der Waals surface area (Å²) in [5.74, 6) is 0.287. The van der Waals surface area contributed by atoms with Gasteiger partial charge in [-0.3, -0.25) is 10.1 Å². The van der Waals surface area contributed by atoms with E-state index in [1.807, 2.05) is 29.2 Å². The van der Waals surface area contributed by atoms with Crippen molar-refractivity contribution in [1.82, 2.24) is 10.3 Å². The fourth-order valence-corrected chi connectivity index (χ4v) is 3.14. The van der Waals surface area contributed by atoms with E-state index in [2.05, 4.69) is 22.4 Å². The number of nitro groups is 1. The molecule has 1 aliphatic rings. The highest BCUT2D eigenvalue weighted by Gasteiger charge is 2.29. The number of rotatable bonds is 5. The number of nitrogens with zero attached hydrogens (tertiary/aromatic N) is 4. The predicted molar refractivity (Wildman–Crippen MR) is 94.1 cm³/mol. The van der Waals surface area contributed by atoms with Gasteiger partial charge in [-0.15, -0.1) is 0 Å². The standard InChI is InChI=1S/C18H19N5O2/c19-11-15-8-9-20-18(17(15)23(24)25)22-10-4-7-16(13-22)21-12-14-5-2-1-3-6-14/h1-3,5-6,8-9,16,21H,4,7,10,12-13H2. The zero-order valence-electron chi connectivity index (χ0n) is 13.8. The molecule has 0 spiro atoms. The molecule has 7 nitrogen and oxygen atoms in total. The first-order chi connectivity index (χ1) is 12.2. The van der Waals surface area contributed by atoms with Crippen molar-refractivity contribution in [2.24, 2.45) is 0 Å².